The average Bonchev–Trinajstić information content (AvgIpc) is 3.32. The number of allylic oxidation sites excluding steroid dienone is 1. The Kier molecular flexibility index (Phi) is 8.25. The molecule has 2 fully saturated rings. The molecule has 2 aliphatic heterocycles. The molecule has 0 bridgehead atoms. The van der Waals surface area contributed by atoms with Gasteiger partial charge >= 0.3 is 0 Å². The van der Waals surface area contributed by atoms with Crippen molar-refractivity contribution in [1.29, 1.82) is 5.26 Å². The van der Waals surface area contributed by atoms with Crippen molar-refractivity contribution in [3.63, 3.8) is 0 Å². The quantitative estimate of drug-likeness (QED) is 0.431. The van der Waals surface area contributed by atoms with Crippen LogP contribution < -0.4 is 10.2 Å². The van der Waals surface area contributed by atoms with E-state index in [1.54, 1.807) is 0 Å². The number of alkyl halides is 2. The number of amides is 3. The van der Waals surface area contributed by atoms with Crippen molar-refractivity contribution in [3.05, 3.63) is 76.3 Å². The molecule has 1 saturated heterocycles. The topological polar surface area (TPSA) is 106 Å². The van der Waals surface area contributed by atoms with Crippen LogP contribution in [0, 0.1) is 34.7 Å². The summed E-state index contributed by atoms with van der Waals surface area (Å²) < 4.78 is 71.6. The summed E-state index contributed by atoms with van der Waals surface area (Å²) >= 11 is 6.10. The number of halogens is 6. The second kappa shape index (κ2) is 11.8. The Morgan fingerprint density at radius 2 is 1.84 bits per heavy atom. The SMILES string of the molecule is N#CC1C=C(N2C(=O)CCC2C(=O)N(c2cc(F)cc(F)c2)C(C(=O)NC2CC(F)(F)C2)c2cc(Cl)ccc2F)N=CC1. The predicted octanol–water partition coefficient (Wildman–Crippen LogP) is 5.19. The summed E-state index contributed by atoms with van der Waals surface area (Å²) in [5.41, 5.74) is -0.985. The number of hydrogen-bond donors (Lipinski definition) is 1. The lowest BCUT2D eigenvalue weighted by Gasteiger charge is -2.39. The Balaban J connectivity index is 1.64. The summed E-state index contributed by atoms with van der Waals surface area (Å²) in [7, 11) is 0. The predicted molar refractivity (Wildman–Crippen MR) is 144 cm³/mol. The van der Waals surface area contributed by atoms with Crippen LogP contribution in [0.5, 0.6) is 0 Å². The maximum atomic E-state index is 15.4. The largest absolute Gasteiger partial charge is 0.351 e. The summed E-state index contributed by atoms with van der Waals surface area (Å²) in [5, 5.41) is 11.7. The van der Waals surface area contributed by atoms with Crippen molar-refractivity contribution < 1.29 is 36.3 Å². The number of likely N-dealkylation sites (tertiary alicyclic amines) is 1. The maximum absolute atomic E-state index is 15.4. The van der Waals surface area contributed by atoms with Gasteiger partial charge in [0.1, 0.15) is 35.4 Å². The van der Waals surface area contributed by atoms with Crippen molar-refractivity contribution in [3.8, 4) is 6.07 Å². The molecule has 0 spiro atoms. The molecule has 14 heteroatoms. The van der Waals surface area contributed by atoms with Gasteiger partial charge in [0.2, 0.25) is 11.8 Å². The number of nitrogens with one attached hydrogen (secondary N) is 1. The Hall–Kier alpha value is -4.31. The molecular formula is C29H23ClF5N5O3. The highest BCUT2D eigenvalue weighted by Gasteiger charge is 2.49. The van der Waals surface area contributed by atoms with E-state index in [1.807, 2.05) is 6.07 Å². The second-order valence-corrected chi connectivity index (χ2v) is 10.9. The van der Waals surface area contributed by atoms with Crippen LogP contribution in [0.1, 0.15) is 43.7 Å². The molecule has 8 nitrogen and oxygen atoms in total. The fourth-order valence-corrected chi connectivity index (χ4v) is 5.58. The molecule has 1 saturated carbocycles. The fourth-order valence-electron chi connectivity index (χ4n) is 5.40. The van der Waals surface area contributed by atoms with E-state index in [1.165, 1.54) is 18.4 Å². The molecule has 1 aliphatic carbocycles. The smallest absolute Gasteiger partial charge is 0.252 e. The van der Waals surface area contributed by atoms with E-state index in [9.17, 15) is 37.2 Å². The molecule has 0 radical (unpaired) electrons. The van der Waals surface area contributed by atoms with Crippen LogP contribution in [0.4, 0.5) is 27.6 Å². The van der Waals surface area contributed by atoms with Crippen LogP contribution in [0.3, 0.4) is 0 Å². The minimum absolute atomic E-state index is 0.00402. The van der Waals surface area contributed by atoms with Gasteiger partial charge in [0, 0.05) is 54.6 Å². The van der Waals surface area contributed by atoms with E-state index in [-0.39, 0.29) is 30.1 Å². The molecule has 43 heavy (non-hydrogen) atoms. The van der Waals surface area contributed by atoms with E-state index in [0.717, 1.165) is 29.2 Å². The van der Waals surface area contributed by atoms with Crippen LogP contribution in [0.15, 0.2) is 53.3 Å². The highest BCUT2D eigenvalue weighted by molar-refractivity contribution is 6.30. The number of carbonyl (C=O) groups is 3. The van der Waals surface area contributed by atoms with Crippen molar-refractivity contribution >= 4 is 41.2 Å². The zero-order valence-corrected chi connectivity index (χ0v) is 23.0. The average molecular weight is 620 g/mol. The summed E-state index contributed by atoms with van der Waals surface area (Å²) in [6, 6.07) is 2.76. The first-order valence-corrected chi connectivity index (χ1v) is 13.6. The standard InChI is InChI=1S/C29H23ClF5N5O3/c30-16-1-2-22(33)21(8-16)26(27(42)38-19-12-29(34,35)13-19)39(20-10-17(31)9-18(32)11-20)28(43)23-3-4-25(41)40(23)24-7-15(14-36)5-6-37-24/h1-2,6-11,15,19,23,26H,3-5,12-13H2,(H,38,42). The molecule has 2 aromatic carbocycles. The van der Waals surface area contributed by atoms with Gasteiger partial charge in [0.05, 0.1) is 17.7 Å². The van der Waals surface area contributed by atoms with E-state index >= 15 is 4.39 Å². The lowest BCUT2D eigenvalue weighted by Crippen LogP contribution is -2.56. The zero-order chi connectivity index (χ0) is 31.1. The van der Waals surface area contributed by atoms with Gasteiger partial charge in [-0.05, 0) is 42.8 Å². The third kappa shape index (κ3) is 6.24. The minimum Gasteiger partial charge on any atom is -0.351 e. The van der Waals surface area contributed by atoms with Gasteiger partial charge in [0.25, 0.3) is 11.8 Å². The number of carbonyl (C=O) groups excluding carboxylic acids is 3. The van der Waals surface area contributed by atoms with E-state index in [4.69, 9.17) is 11.6 Å². The highest BCUT2D eigenvalue weighted by atomic mass is 35.5. The monoisotopic (exact) mass is 619 g/mol. The zero-order valence-electron chi connectivity index (χ0n) is 22.2. The third-order valence-corrected chi connectivity index (χ3v) is 7.64. The Labute approximate surface area is 247 Å². The first-order chi connectivity index (χ1) is 20.4. The Bertz CT molecular complexity index is 1560. The highest BCUT2D eigenvalue weighted by Crippen LogP contribution is 2.40. The molecule has 1 N–H and O–H groups in total. The number of anilines is 1. The first-order valence-electron chi connectivity index (χ1n) is 13.2. The van der Waals surface area contributed by atoms with E-state index in [2.05, 4.69) is 10.3 Å². The van der Waals surface area contributed by atoms with Gasteiger partial charge in [-0.3, -0.25) is 24.2 Å². The number of aliphatic imine (C=N–C) groups is 1. The van der Waals surface area contributed by atoms with Crippen molar-refractivity contribution in [2.45, 2.75) is 56.2 Å². The summed E-state index contributed by atoms with van der Waals surface area (Å²) in [6.07, 6.45) is 1.40. The molecule has 3 unspecified atom stereocenters. The molecule has 3 atom stereocenters. The van der Waals surface area contributed by atoms with Gasteiger partial charge in [-0.2, -0.15) is 5.26 Å². The van der Waals surface area contributed by atoms with Gasteiger partial charge < -0.3 is 5.32 Å². The number of rotatable bonds is 7. The molecule has 0 aromatic heterocycles. The lowest BCUT2D eigenvalue weighted by molar-refractivity contribution is -0.135. The van der Waals surface area contributed by atoms with Gasteiger partial charge in [-0.25, -0.2) is 26.9 Å². The van der Waals surface area contributed by atoms with Gasteiger partial charge in [-0.1, -0.05) is 11.6 Å². The normalized spacial score (nSPS) is 21.9. The van der Waals surface area contributed by atoms with Crippen LogP contribution >= 0.6 is 11.6 Å². The molecule has 224 valence electrons. The Morgan fingerprint density at radius 3 is 2.49 bits per heavy atom. The third-order valence-electron chi connectivity index (χ3n) is 7.40. The van der Waals surface area contributed by atoms with E-state index in [0.29, 0.717) is 11.0 Å². The van der Waals surface area contributed by atoms with Crippen molar-refractivity contribution in [1.82, 2.24) is 10.2 Å². The fraction of sp³-hybridized carbons (Fsp3) is 0.345. The van der Waals surface area contributed by atoms with Crippen LogP contribution in [-0.2, 0) is 14.4 Å². The summed E-state index contributed by atoms with van der Waals surface area (Å²) in [4.78, 5) is 47.0. The van der Waals surface area contributed by atoms with E-state index < -0.39 is 89.2 Å². The van der Waals surface area contributed by atoms with Gasteiger partial charge in [-0.15, -0.1) is 0 Å². The summed E-state index contributed by atoms with van der Waals surface area (Å²) in [6.45, 7) is 0. The van der Waals surface area contributed by atoms with Crippen LogP contribution in [-0.4, -0.2) is 46.8 Å². The number of nitrogens with zero attached hydrogens (tertiary/aromatic N) is 4. The molecule has 2 heterocycles. The van der Waals surface area contributed by atoms with Crippen molar-refractivity contribution in [2.24, 2.45) is 10.9 Å². The van der Waals surface area contributed by atoms with Crippen molar-refractivity contribution in [2.75, 3.05) is 4.90 Å². The number of hydrogen-bond acceptors (Lipinski definition) is 5. The molecule has 3 aliphatic rings. The first kappa shape index (κ1) is 30.2. The Morgan fingerprint density at radius 1 is 1.14 bits per heavy atom. The van der Waals surface area contributed by atoms with Gasteiger partial charge in [0.15, 0.2) is 0 Å². The molecule has 3 amide bonds. The number of benzene rings is 2. The molecular weight excluding hydrogens is 597 g/mol. The maximum Gasteiger partial charge on any atom is 0.252 e. The minimum atomic E-state index is -3.03. The second-order valence-electron chi connectivity index (χ2n) is 10.5. The lowest BCUT2D eigenvalue weighted by atomic mass is 9.87. The molecule has 2 aromatic rings. The van der Waals surface area contributed by atoms with Crippen LogP contribution in [0.2, 0.25) is 5.02 Å². The molecule has 5 rings (SSSR count). The summed E-state index contributed by atoms with van der Waals surface area (Å²) in [5.74, 6) is -9.66. The number of nitriles is 1. The van der Waals surface area contributed by atoms with Crippen LogP contribution in [0.25, 0.3) is 0 Å².